The number of halogens is 1. The molecule has 6 nitrogen and oxygen atoms in total. The van der Waals surface area contributed by atoms with Crippen LogP contribution in [0.15, 0.2) is 29.3 Å². The number of ether oxygens (including phenoxy) is 1. The number of esters is 1. The fourth-order valence-electron chi connectivity index (χ4n) is 4.43. The summed E-state index contributed by atoms with van der Waals surface area (Å²) in [6.07, 6.45) is 2.14. The Morgan fingerprint density at radius 2 is 2.00 bits per heavy atom. The summed E-state index contributed by atoms with van der Waals surface area (Å²) < 4.78 is 18.8. The van der Waals surface area contributed by atoms with Crippen molar-refractivity contribution >= 4 is 11.9 Å². The molecule has 0 spiro atoms. The molecule has 3 rings (SSSR count). The molecule has 2 atom stereocenters. The number of benzene rings is 1. The Morgan fingerprint density at radius 3 is 2.67 bits per heavy atom. The van der Waals surface area contributed by atoms with Crippen LogP contribution in [0.3, 0.4) is 0 Å². The predicted molar refractivity (Wildman–Crippen MR) is 117 cm³/mol. The molecule has 2 unspecified atom stereocenters. The lowest BCUT2D eigenvalue weighted by atomic mass is 9.96. The van der Waals surface area contributed by atoms with Crippen molar-refractivity contribution in [2.45, 2.75) is 33.2 Å². The number of rotatable bonds is 6. The summed E-state index contributed by atoms with van der Waals surface area (Å²) in [6.45, 7) is 9.81. The molecule has 166 valence electrons. The number of likely N-dealkylation sites (tertiary alicyclic amines) is 2. The van der Waals surface area contributed by atoms with Crippen molar-refractivity contribution in [1.29, 1.82) is 0 Å². The smallest absolute Gasteiger partial charge is 0.310 e. The second-order valence-electron chi connectivity index (χ2n) is 8.52. The summed E-state index contributed by atoms with van der Waals surface area (Å²) in [5.74, 6) is 1.33. The number of piperidine rings is 1. The van der Waals surface area contributed by atoms with E-state index in [4.69, 9.17) is 9.73 Å². The molecule has 2 heterocycles. The van der Waals surface area contributed by atoms with E-state index in [-0.39, 0.29) is 23.6 Å². The third kappa shape index (κ3) is 5.72. The lowest BCUT2D eigenvalue weighted by Crippen LogP contribution is -2.41. The summed E-state index contributed by atoms with van der Waals surface area (Å²) in [7, 11) is 1.45. The molecule has 30 heavy (non-hydrogen) atoms. The quantitative estimate of drug-likeness (QED) is 0.437. The third-order valence-electron chi connectivity index (χ3n) is 6.31. The van der Waals surface area contributed by atoms with Crippen molar-refractivity contribution in [3.8, 4) is 0 Å². The second kappa shape index (κ2) is 10.8. The Labute approximate surface area is 179 Å². The summed E-state index contributed by atoms with van der Waals surface area (Å²) >= 11 is 0. The van der Waals surface area contributed by atoms with E-state index in [1.807, 2.05) is 12.1 Å². The summed E-state index contributed by atoms with van der Waals surface area (Å²) in [5, 5.41) is 3.38. The highest BCUT2D eigenvalue weighted by atomic mass is 19.1. The zero-order chi connectivity index (χ0) is 21.5. The molecular weight excluding hydrogens is 383 g/mol. The van der Waals surface area contributed by atoms with Crippen LogP contribution in [0, 0.1) is 23.6 Å². The lowest BCUT2D eigenvalue weighted by molar-refractivity contribution is -0.145. The number of nitrogens with zero attached hydrogens (tertiary/aromatic N) is 3. The molecule has 0 aliphatic carbocycles. The van der Waals surface area contributed by atoms with Gasteiger partial charge in [-0.2, -0.15) is 0 Å². The number of aliphatic imine (C=N–C) groups is 1. The number of hydrogen-bond acceptors (Lipinski definition) is 4. The van der Waals surface area contributed by atoms with Crippen molar-refractivity contribution in [3.05, 3.63) is 35.6 Å². The number of carbonyl (C=O) groups is 1. The van der Waals surface area contributed by atoms with Gasteiger partial charge in [-0.15, -0.1) is 0 Å². The van der Waals surface area contributed by atoms with Crippen LogP contribution in [-0.2, 0) is 16.1 Å². The maximum Gasteiger partial charge on any atom is 0.310 e. The monoisotopic (exact) mass is 418 g/mol. The normalized spacial score (nSPS) is 23.6. The Hall–Kier alpha value is -2.15. The van der Waals surface area contributed by atoms with Crippen LogP contribution < -0.4 is 5.32 Å². The first-order chi connectivity index (χ1) is 14.5. The van der Waals surface area contributed by atoms with Gasteiger partial charge in [0.05, 0.1) is 13.0 Å². The fourth-order valence-corrected chi connectivity index (χ4v) is 4.43. The average Bonchev–Trinajstić information content (AvgIpc) is 3.14. The fraction of sp³-hybridized carbons (Fsp3) is 0.652. The van der Waals surface area contributed by atoms with Gasteiger partial charge in [-0.05, 0) is 50.8 Å². The molecule has 7 heteroatoms. The summed E-state index contributed by atoms with van der Waals surface area (Å²) in [4.78, 5) is 21.4. The molecular formula is C23H35FN4O2. The molecule has 2 saturated heterocycles. The highest BCUT2D eigenvalue weighted by Gasteiger charge is 2.37. The first-order valence-corrected chi connectivity index (χ1v) is 11.1. The van der Waals surface area contributed by atoms with Crippen LogP contribution in [0.25, 0.3) is 0 Å². The van der Waals surface area contributed by atoms with Crippen LogP contribution in [0.2, 0.25) is 0 Å². The molecule has 0 bridgehead atoms. The molecule has 0 aromatic heterocycles. The predicted octanol–water partition coefficient (Wildman–Crippen LogP) is 2.74. The van der Waals surface area contributed by atoms with E-state index < -0.39 is 0 Å². The third-order valence-corrected chi connectivity index (χ3v) is 6.31. The SMILES string of the molecule is CCNC(=NCC1CCN(Cc2ccccc2F)CC1)N1CC(C)C(C(=O)OC)C1. The van der Waals surface area contributed by atoms with Crippen LogP contribution in [0.1, 0.15) is 32.3 Å². The average molecular weight is 419 g/mol. The zero-order valence-electron chi connectivity index (χ0n) is 18.4. The lowest BCUT2D eigenvalue weighted by Gasteiger charge is -2.31. The van der Waals surface area contributed by atoms with E-state index in [1.54, 1.807) is 6.07 Å². The first kappa shape index (κ1) is 22.5. The van der Waals surface area contributed by atoms with Gasteiger partial charge in [0, 0.05) is 38.3 Å². The Kier molecular flexibility index (Phi) is 8.08. The van der Waals surface area contributed by atoms with Gasteiger partial charge in [0.1, 0.15) is 5.82 Å². The maximum atomic E-state index is 13.9. The van der Waals surface area contributed by atoms with Gasteiger partial charge in [-0.25, -0.2) is 4.39 Å². The van der Waals surface area contributed by atoms with E-state index in [9.17, 15) is 9.18 Å². The van der Waals surface area contributed by atoms with Gasteiger partial charge < -0.3 is 15.0 Å². The molecule has 0 saturated carbocycles. The Balaban J connectivity index is 1.51. The van der Waals surface area contributed by atoms with E-state index in [1.165, 1.54) is 13.2 Å². The highest BCUT2D eigenvalue weighted by molar-refractivity contribution is 5.82. The topological polar surface area (TPSA) is 57.2 Å². The van der Waals surface area contributed by atoms with Gasteiger partial charge in [-0.1, -0.05) is 25.1 Å². The molecule has 1 aromatic rings. The Morgan fingerprint density at radius 1 is 1.27 bits per heavy atom. The van der Waals surface area contributed by atoms with Crippen molar-refractivity contribution in [1.82, 2.24) is 15.1 Å². The van der Waals surface area contributed by atoms with Gasteiger partial charge >= 0.3 is 5.97 Å². The van der Waals surface area contributed by atoms with Crippen LogP contribution in [-0.4, -0.2) is 68.1 Å². The van der Waals surface area contributed by atoms with Crippen molar-refractivity contribution in [3.63, 3.8) is 0 Å². The first-order valence-electron chi connectivity index (χ1n) is 11.1. The summed E-state index contributed by atoms with van der Waals surface area (Å²) in [5.41, 5.74) is 0.770. The molecule has 0 radical (unpaired) electrons. The minimum absolute atomic E-state index is 0.0968. The van der Waals surface area contributed by atoms with E-state index >= 15 is 0 Å². The highest BCUT2D eigenvalue weighted by Crippen LogP contribution is 2.25. The number of carbonyl (C=O) groups excluding carboxylic acids is 1. The van der Waals surface area contributed by atoms with Crippen molar-refractivity contribution in [2.24, 2.45) is 22.7 Å². The van der Waals surface area contributed by atoms with E-state index in [2.05, 4.69) is 29.0 Å². The number of guanidine groups is 1. The molecule has 1 N–H and O–H groups in total. The van der Waals surface area contributed by atoms with Crippen molar-refractivity contribution in [2.75, 3.05) is 46.4 Å². The summed E-state index contributed by atoms with van der Waals surface area (Å²) in [6, 6.07) is 7.03. The molecule has 2 fully saturated rings. The minimum atomic E-state index is -0.136. The van der Waals surface area contributed by atoms with Gasteiger partial charge in [0.25, 0.3) is 0 Å². The van der Waals surface area contributed by atoms with Crippen LogP contribution >= 0.6 is 0 Å². The Bertz CT molecular complexity index is 734. The van der Waals surface area contributed by atoms with Crippen LogP contribution in [0.5, 0.6) is 0 Å². The van der Waals surface area contributed by atoms with Crippen molar-refractivity contribution < 1.29 is 13.9 Å². The minimum Gasteiger partial charge on any atom is -0.469 e. The largest absolute Gasteiger partial charge is 0.469 e. The molecule has 0 amide bonds. The number of hydrogen-bond donors (Lipinski definition) is 1. The van der Waals surface area contributed by atoms with E-state index in [0.29, 0.717) is 19.0 Å². The van der Waals surface area contributed by atoms with Gasteiger partial charge in [-0.3, -0.25) is 14.7 Å². The maximum absolute atomic E-state index is 13.9. The van der Waals surface area contributed by atoms with Crippen LogP contribution in [0.4, 0.5) is 4.39 Å². The van der Waals surface area contributed by atoms with E-state index in [0.717, 1.165) is 57.1 Å². The molecule has 2 aliphatic rings. The zero-order valence-corrected chi connectivity index (χ0v) is 18.4. The number of nitrogens with one attached hydrogen (secondary N) is 1. The van der Waals surface area contributed by atoms with Gasteiger partial charge in [0.2, 0.25) is 0 Å². The molecule has 2 aliphatic heterocycles. The number of methoxy groups -OCH3 is 1. The van der Waals surface area contributed by atoms with Gasteiger partial charge in [0.15, 0.2) is 5.96 Å². The molecule has 1 aromatic carbocycles. The standard InChI is InChI=1S/C23H35FN4O2/c1-4-25-23(28-14-17(2)20(16-28)22(29)30-3)26-13-18-9-11-27(12-10-18)15-19-7-5-6-8-21(19)24/h5-8,17-18,20H,4,9-16H2,1-3H3,(H,25,26). The second-order valence-corrected chi connectivity index (χ2v) is 8.52.